The number of nitrogens with zero attached hydrogens (tertiary/aromatic N) is 1. The molecule has 2 rings (SSSR count). The highest BCUT2D eigenvalue weighted by Crippen LogP contribution is 2.30. The summed E-state index contributed by atoms with van der Waals surface area (Å²) >= 11 is 12.1. The van der Waals surface area contributed by atoms with Gasteiger partial charge in [0.2, 0.25) is 0 Å². The molecule has 6 heteroatoms. The maximum Gasteiger partial charge on any atom is 0.147 e. The molecule has 1 aliphatic carbocycles. The van der Waals surface area contributed by atoms with Crippen LogP contribution in [0.5, 0.6) is 0 Å². The summed E-state index contributed by atoms with van der Waals surface area (Å²) < 4.78 is 0. The highest BCUT2D eigenvalue weighted by atomic mass is 35.5. The van der Waals surface area contributed by atoms with Crippen LogP contribution in [0.3, 0.4) is 0 Å². The van der Waals surface area contributed by atoms with Gasteiger partial charge in [-0.15, -0.1) is 0 Å². The Labute approximate surface area is 123 Å². The Hall–Kier alpha value is -0.710. The molecule has 106 valence electrons. The first kappa shape index (κ1) is 14.7. The van der Waals surface area contributed by atoms with Gasteiger partial charge in [0.25, 0.3) is 0 Å². The quantitative estimate of drug-likeness (QED) is 0.798. The van der Waals surface area contributed by atoms with Crippen LogP contribution in [0.15, 0.2) is 6.07 Å². The van der Waals surface area contributed by atoms with E-state index in [0.29, 0.717) is 27.6 Å². The molecular formula is C13H19Cl2N3O. The van der Waals surface area contributed by atoms with Crippen molar-refractivity contribution in [1.82, 2.24) is 4.98 Å². The molecule has 1 heterocycles. The molecule has 0 aliphatic heterocycles. The van der Waals surface area contributed by atoms with Crippen LogP contribution in [0.25, 0.3) is 0 Å². The zero-order valence-corrected chi connectivity index (χ0v) is 12.4. The summed E-state index contributed by atoms with van der Waals surface area (Å²) in [7, 11) is 1.77. The molecule has 2 unspecified atom stereocenters. The van der Waals surface area contributed by atoms with Crippen LogP contribution in [0.4, 0.5) is 11.6 Å². The minimum Gasteiger partial charge on any atom is -0.393 e. The summed E-state index contributed by atoms with van der Waals surface area (Å²) in [6.07, 6.45) is 3.81. The fourth-order valence-electron chi connectivity index (χ4n) is 2.45. The molecule has 1 aromatic rings. The monoisotopic (exact) mass is 303 g/mol. The smallest absolute Gasteiger partial charge is 0.147 e. The van der Waals surface area contributed by atoms with Crippen LogP contribution in [-0.2, 0) is 0 Å². The number of hydrogen-bond donors (Lipinski definition) is 3. The lowest BCUT2D eigenvalue weighted by Crippen LogP contribution is -2.25. The Morgan fingerprint density at radius 1 is 1.32 bits per heavy atom. The van der Waals surface area contributed by atoms with Crippen molar-refractivity contribution in [3.05, 3.63) is 16.1 Å². The van der Waals surface area contributed by atoms with Crippen molar-refractivity contribution in [2.45, 2.75) is 31.8 Å². The second kappa shape index (κ2) is 6.64. The predicted octanol–water partition coefficient (Wildman–Crippen LogP) is 3.39. The number of halogens is 2. The molecule has 2 atom stereocenters. The standard InChI is InChI=1S/C13H19Cl2N3O/c1-16-12-10(14)6-11(15)13(18-12)17-7-8-3-2-4-9(19)5-8/h6,8-9,19H,2-5,7H2,1H3,(H2,16,17,18). The number of aromatic nitrogens is 1. The lowest BCUT2D eigenvalue weighted by atomic mass is 9.87. The van der Waals surface area contributed by atoms with E-state index in [2.05, 4.69) is 15.6 Å². The van der Waals surface area contributed by atoms with Crippen LogP contribution in [0.1, 0.15) is 25.7 Å². The summed E-state index contributed by atoms with van der Waals surface area (Å²) in [4.78, 5) is 4.35. The molecule has 1 fully saturated rings. The number of nitrogens with one attached hydrogen (secondary N) is 2. The first-order valence-electron chi connectivity index (χ1n) is 6.56. The number of hydrogen-bond acceptors (Lipinski definition) is 4. The molecule has 1 aliphatic rings. The third-order valence-corrected chi connectivity index (χ3v) is 4.06. The minimum absolute atomic E-state index is 0.165. The van der Waals surface area contributed by atoms with Gasteiger partial charge in [-0.2, -0.15) is 0 Å². The average Bonchev–Trinajstić information content (AvgIpc) is 2.38. The van der Waals surface area contributed by atoms with E-state index in [0.717, 1.165) is 32.2 Å². The van der Waals surface area contributed by atoms with E-state index in [1.165, 1.54) is 0 Å². The molecule has 0 radical (unpaired) electrons. The lowest BCUT2D eigenvalue weighted by Gasteiger charge is -2.26. The van der Waals surface area contributed by atoms with Crippen molar-refractivity contribution in [1.29, 1.82) is 0 Å². The summed E-state index contributed by atoms with van der Waals surface area (Å²) in [6.45, 7) is 0.772. The Morgan fingerprint density at radius 2 is 2.05 bits per heavy atom. The van der Waals surface area contributed by atoms with Gasteiger partial charge < -0.3 is 15.7 Å². The van der Waals surface area contributed by atoms with Crippen LogP contribution in [0, 0.1) is 5.92 Å². The lowest BCUT2D eigenvalue weighted by molar-refractivity contribution is 0.104. The SMILES string of the molecule is CNc1nc(NCC2CCCC(O)C2)c(Cl)cc1Cl. The van der Waals surface area contributed by atoms with Gasteiger partial charge in [0, 0.05) is 13.6 Å². The third kappa shape index (κ3) is 3.88. The number of anilines is 2. The van der Waals surface area contributed by atoms with E-state index in [-0.39, 0.29) is 6.10 Å². The average molecular weight is 304 g/mol. The van der Waals surface area contributed by atoms with Gasteiger partial charge in [0.05, 0.1) is 16.1 Å². The van der Waals surface area contributed by atoms with Crippen LogP contribution < -0.4 is 10.6 Å². The predicted molar refractivity (Wildman–Crippen MR) is 80.3 cm³/mol. The fraction of sp³-hybridized carbons (Fsp3) is 0.615. The molecule has 0 amide bonds. The second-order valence-electron chi connectivity index (χ2n) is 4.97. The van der Waals surface area contributed by atoms with Gasteiger partial charge in [0.1, 0.15) is 11.6 Å². The fourth-order valence-corrected chi connectivity index (χ4v) is 2.97. The van der Waals surface area contributed by atoms with Crippen LogP contribution in [0.2, 0.25) is 10.0 Å². The van der Waals surface area contributed by atoms with E-state index in [4.69, 9.17) is 23.2 Å². The van der Waals surface area contributed by atoms with Crippen molar-refractivity contribution >= 4 is 34.8 Å². The number of aliphatic hydroxyl groups is 1. The van der Waals surface area contributed by atoms with Gasteiger partial charge in [-0.3, -0.25) is 0 Å². The third-order valence-electron chi connectivity index (χ3n) is 3.48. The summed E-state index contributed by atoms with van der Waals surface area (Å²) in [6, 6.07) is 1.68. The maximum atomic E-state index is 9.65. The molecule has 1 aromatic heterocycles. The molecule has 0 spiro atoms. The van der Waals surface area contributed by atoms with E-state index < -0.39 is 0 Å². The second-order valence-corrected chi connectivity index (χ2v) is 5.78. The van der Waals surface area contributed by atoms with E-state index in [1.807, 2.05) is 0 Å². The number of rotatable bonds is 4. The highest BCUT2D eigenvalue weighted by Gasteiger charge is 2.20. The normalized spacial score (nSPS) is 23.2. The van der Waals surface area contributed by atoms with Crippen molar-refractivity contribution in [2.75, 3.05) is 24.2 Å². The molecule has 0 bridgehead atoms. The summed E-state index contributed by atoms with van der Waals surface area (Å²) in [5.74, 6) is 1.71. The summed E-state index contributed by atoms with van der Waals surface area (Å²) in [5.41, 5.74) is 0. The molecule has 0 aromatic carbocycles. The molecule has 3 N–H and O–H groups in total. The Morgan fingerprint density at radius 3 is 2.74 bits per heavy atom. The largest absolute Gasteiger partial charge is 0.393 e. The molecule has 19 heavy (non-hydrogen) atoms. The minimum atomic E-state index is -0.165. The van der Waals surface area contributed by atoms with Gasteiger partial charge >= 0.3 is 0 Å². The molecule has 4 nitrogen and oxygen atoms in total. The van der Waals surface area contributed by atoms with Gasteiger partial charge in [-0.25, -0.2) is 4.98 Å². The Bertz CT molecular complexity index is 442. The number of aliphatic hydroxyl groups excluding tert-OH is 1. The van der Waals surface area contributed by atoms with Gasteiger partial charge in [-0.1, -0.05) is 29.6 Å². The molecule has 0 saturated heterocycles. The van der Waals surface area contributed by atoms with Gasteiger partial charge in [-0.05, 0) is 31.2 Å². The Kier molecular flexibility index (Phi) is 5.13. The van der Waals surface area contributed by atoms with E-state index >= 15 is 0 Å². The topological polar surface area (TPSA) is 57.2 Å². The summed E-state index contributed by atoms with van der Waals surface area (Å²) in [5, 5.41) is 16.9. The van der Waals surface area contributed by atoms with Crippen LogP contribution >= 0.6 is 23.2 Å². The van der Waals surface area contributed by atoms with Crippen molar-refractivity contribution in [3.8, 4) is 0 Å². The highest BCUT2D eigenvalue weighted by molar-refractivity contribution is 6.37. The van der Waals surface area contributed by atoms with E-state index in [1.54, 1.807) is 13.1 Å². The maximum absolute atomic E-state index is 9.65. The van der Waals surface area contributed by atoms with E-state index in [9.17, 15) is 5.11 Å². The van der Waals surface area contributed by atoms with Gasteiger partial charge in [0.15, 0.2) is 0 Å². The van der Waals surface area contributed by atoms with Crippen molar-refractivity contribution in [2.24, 2.45) is 5.92 Å². The Balaban J connectivity index is 1.99. The van der Waals surface area contributed by atoms with Crippen molar-refractivity contribution in [3.63, 3.8) is 0 Å². The first-order chi connectivity index (χ1) is 9.10. The van der Waals surface area contributed by atoms with Crippen molar-refractivity contribution < 1.29 is 5.11 Å². The zero-order valence-electron chi connectivity index (χ0n) is 10.9. The zero-order chi connectivity index (χ0) is 13.8. The first-order valence-corrected chi connectivity index (χ1v) is 7.31. The molecule has 1 saturated carbocycles. The van der Waals surface area contributed by atoms with Crippen LogP contribution in [-0.4, -0.2) is 29.8 Å². The molecular weight excluding hydrogens is 285 g/mol. The number of pyridine rings is 1.